The van der Waals surface area contributed by atoms with Crippen molar-refractivity contribution in [1.82, 2.24) is 0 Å². The second-order valence-electron chi connectivity index (χ2n) is 22.4. The highest BCUT2D eigenvalue weighted by atomic mass is 31.2. The molecule has 0 spiro atoms. The van der Waals surface area contributed by atoms with E-state index in [0.29, 0.717) is 17.4 Å². The maximum absolute atomic E-state index is 12.8. The Hall–Kier alpha value is -3.07. The number of carbonyl (C=O) groups is 2. The molecular formula is C68H121NO8P+. The number of rotatable bonds is 58. The Morgan fingerprint density at radius 2 is 0.731 bits per heavy atom. The minimum atomic E-state index is -4.39. The standard InChI is InChI=1S/C68H120NO8P/c1-6-8-10-12-14-16-18-20-22-24-26-27-28-29-30-31-32-33-34-35-36-37-38-39-40-41-43-45-47-49-51-53-55-57-59-61-68(71)77-66(65-76-78(72,73)75-63-62-69(3,4)5)64-74-67(70)60-58-56-54-52-50-48-46-44-42-25-23-21-19-17-15-13-11-9-7-2/h8,10,14,16,20,22,26-27,29-30,32-33,35-36,38-39,66H,6-7,9,11-13,15,17-19,21,23-25,28,31,34,37,40-65H2,1-5H3/p+1/b10-8-,16-14-,22-20-,27-26-,30-29-,33-32-,36-35-,39-38-. The smallest absolute Gasteiger partial charge is 0.462 e. The van der Waals surface area contributed by atoms with Gasteiger partial charge in [0.25, 0.3) is 0 Å². The predicted molar refractivity (Wildman–Crippen MR) is 335 cm³/mol. The number of likely N-dealkylation sites (N-methyl/N-ethyl adjacent to an activating group) is 1. The van der Waals surface area contributed by atoms with Crippen LogP contribution in [0, 0.1) is 0 Å². The van der Waals surface area contributed by atoms with Crippen LogP contribution < -0.4 is 0 Å². The van der Waals surface area contributed by atoms with Gasteiger partial charge in [0.2, 0.25) is 0 Å². The summed E-state index contributed by atoms with van der Waals surface area (Å²) in [5.74, 6) is -0.796. The fraction of sp³-hybridized carbons (Fsp3) is 0.735. The van der Waals surface area contributed by atoms with E-state index in [1.807, 2.05) is 21.1 Å². The molecule has 0 aromatic rings. The van der Waals surface area contributed by atoms with Crippen molar-refractivity contribution in [2.75, 3.05) is 47.5 Å². The molecule has 450 valence electrons. The van der Waals surface area contributed by atoms with Gasteiger partial charge >= 0.3 is 19.8 Å². The average molecular weight is 1110 g/mol. The molecule has 0 bridgehead atoms. The zero-order valence-electron chi connectivity index (χ0n) is 51.1. The normalized spacial score (nSPS) is 13.9. The van der Waals surface area contributed by atoms with Gasteiger partial charge in [0.05, 0.1) is 27.7 Å². The van der Waals surface area contributed by atoms with Crippen LogP contribution in [-0.2, 0) is 32.7 Å². The fourth-order valence-corrected chi connectivity index (χ4v) is 9.48. The molecule has 10 heteroatoms. The minimum absolute atomic E-state index is 0.0285. The van der Waals surface area contributed by atoms with Crippen molar-refractivity contribution in [2.24, 2.45) is 0 Å². The SMILES string of the molecule is CC/C=C\C/C=C\C/C=C\C/C=C\C/C=C\C/C=C\C/C=C\C/C=C\CCCCCCCCCCCCC(=O)OC(COC(=O)CCCCCCCCCCCCCCCCCCCCC)COP(=O)(O)OCC[N+](C)(C)C. The Balaban J connectivity index is 4.11. The third-order valence-corrected chi connectivity index (χ3v) is 14.6. The van der Waals surface area contributed by atoms with Crippen LogP contribution in [0.1, 0.15) is 271 Å². The minimum Gasteiger partial charge on any atom is -0.462 e. The highest BCUT2D eigenvalue weighted by Gasteiger charge is 2.27. The van der Waals surface area contributed by atoms with E-state index in [1.54, 1.807) is 0 Å². The number of unbranched alkanes of at least 4 members (excludes halogenated alkanes) is 28. The van der Waals surface area contributed by atoms with Crippen LogP contribution in [0.2, 0.25) is 0 Å². The lowest BCUT2D eigenvalue weighted by Gasteiger charge is -2.24. The molecule has 0 heterocycles. The summed E-state index contributed by atoms with van der Waals surface area (Å²) < 4.78 is 34.6. The maximum atomic E-state index is 12.8. The van der Waals surface area contributed by atoms with Crippen LogP contribution in [0.25, 0.3) is 0 Å². The van der Waals surface area contributed by atoms with Crippen molar-refractivity contribution in [1.29, 1.82) is 0 Å². The van der Waals surface area contributed by atoms with Crippen molar-refractivity contribution in [3.05, 3.63) is 97.2 Å². The van der Waals surface area contributed by atoms with Gasteiger partial charge in [-0.1, -0.05) is 278 Å². The van der Waals surface area contributed by atoms with Crippen LogP contribution >= 0.6 is 7.82 Å². The summed E-state index contributed by atoms with van der Waals surface area (Å²) in [4.78, 5) is 35.8. The molecule has 2 unspecified atom stereocenters. The lowest BCUT2D eigenvalue weighted by atomic mass is 10.0. The van der Waals surface area contributed by atoms with Gasteiger partial charge in [-0.25, -0.2) is 4.57 Å². The van der Waals surface area contributed by atoms with Gasteiger partial charge in [-0.15, -0.1) is 0 Å². The fourth-order valence-electron chi connectivity index (χ4n) is 8.74. The summed E-state index contributed by atoms with van der Waals surface area (Å²) in [7, 11) is 1.47. The van der Waals surface area contributed by atoms with Gasteiger partial charge in [-0.2, -0.15) is 0 Å². The maximum Gasteiger partial charge on any atom is 0.472 e. The summed E-state index contributed by atoms with van der Waals surface area (Å²) in [6.45, 7) is 4.34. The van der Waals surface area contributed by atoms with Crippen LogP contribution in [0.3, 0.4) is 0 Å². The lowest BCUT2D eigenvalue weighted by molar-refractivity contribution is -0.870. The summed E-state index contributed by atoms with van der Waals surface area (Å²) in [6, 6.07) is 0. The summed E-state index contributed by atoms with van der Waals surface area (Å²) >= 11 is 0. The molecule has 9 nitrogen and oxygen atoms in total. The molecule has 0 fully saturated rings. The first-order valence-electron chi connectivity index (χ1n) is 32.0. The molecule has 78 heavy (non-hydrogen) atoms. The summed E-state index contributed by atoms with van der Waals surface area (Å²) in [5.41, 5.74) is 0. The first-order valence-corrected chi connectivity index (χ1v) is 33.5. The van der Waals surface area contributed by atoms with Crippen molar-refractivity contribution in [3.8, 4) is 0 Å². The number of carbonyl (C=O) groups excluding carboxylic acids is 2. The molecule has 0 saturated carbocycles. The molecule has 0 saturated heterocycles. The monoisotopic (exact) mass is 1110 g/mol. The molecule has 0 amide bonds. The Morgan fingerprint density at radius 3 is 1.09 bits per heavy atom. The second kappa shape index (κ2) is 58.6. The van der Waals surface area contributed by atoms with Crippen molar-refractivity contribution < 1.29 is 42.1 Å². The van der Waals surface area contributed by atoms with Crippen LogP contribution in [0.4, 0.5) is 0 Å². The van der Waals surface area contributed by atoms with Crippen molar-refractivity contribution in [2.45, 2.75) is 277 Å². The quantitative estimate of drug-likeness (QED) is 0.0211. The molecular weight excluding hydrogens is 990 g/mol. The van der Waals surface area contributed by atoms with Gasteiger partial charge in [0.15, 0.2) is 6.10 Å². The third-order valence-electron chi connectivity index (χ3n) is 13.6. The Kier molecular flexibility index (Phi) is 56.3. The number of allylic oxidation sites excluding steroid dienone is 16. The van der Waals surface area contributed by atoms with Crippen LogP contribution in [0.15, 0.2) is 97.2 Å². The van der Waals surface area contributed by atoms with Gasteiger partial charge in [-0.3, -0.25) is 18.6 Å². The van der Waals surface area contributed by atoms with Gasteiger partial charge in [0, 0.05) is 12.8 Å². The van der Waals surface area contributed by atoms with Crippen LogP contribution in [0.5, 0.6) is 0 Å². The Morgan fingerprint density at radius 1 is 0.410 bits per heavy atom. The second-order valence-corrected chi connectivity index (χ2v) is 23.9. The van der Waals surface area contributed by atoms with E-state index in [1.165, 1.54) is 141 Å². The molecule has 0 aliphatic heterocycles. The number of ether oxygens (including phenoxy) is 2. The van der Waals surface area contributed by atoms with E-state index < -0.39 is 26.5 Å². The zero-order valence-corrected chi connectivity index (χ0v) is 52.0. The number of hydrogen-bond acceptors (Lipinski definition) is 7. The van der Waals surface area contributed by atoms with E-state index in [-0.39, 0.29) is 32.0 Å². The highest BCUT2D eigenvalue weighted by Crippen LogP contribution is 2.43. The molecule has 0 aliphatic carbocycles. The number of hydrogen-bond donors (Lipinski definition) is 1. The molecule has 0 aromatic heterocycles. The molecule has 0 radical (unpaired) electrons. The average Bonchev–Trinajstić information content (AvgIpc) is 3.41. The molecule has 2 atom stereocenters. The van der Waals surface area contributed by atoms with E-state index in [0.717, 1.165) is 96.3 Å². The first kappa shape index (κ1) is 74.9. The number of esters is 2. The van der Waals surface area contributed by atoms with Gasteiger partial charge in [-0.05, 0) is 77.0 Å². The highest BCUT2D eigenvalue weighted by molar-refractivity contribution is 7.47. The number of phosphoric acid groups is 1. The Bertz CT molecular complexity index is 1640. The van der Waals surface area contributed by atoms with E-state index in [9.17, 15) is 19.0 Å². The molecule has 0 aliphatic rings. The molecule has 1 N–H and O–H groups in total. The summed E-state index contributed by atoms with van der Waals surface area (Å²) in [5, 5.41) is 0. The molecule has 0 aromatic carbocycles. The number of nitrogens with zero attached hydrogens (tertiary/aromatic N) is 1. The van der Waals surface area contributed by atoms with Crippen molar-refractivity contribution >= 4 is 19.8 Å². The summed E-state index contributed by atoms with van der Waals surface area (Å²) in [6.07, 6.45) is 80.6. The van der Waals surface area contributed by atoms with E-state index in [2.05, 4.69) is 111 Å². The molecule has 0 rings (SSSR count). The number of quaternary nitrogens is 1. The third kappa shape index (κ3) is 62.1. The Labute approximate surface area is 481 Å². The first-order chi connectivity index (χ1) is 38.0. The van der Waals surface area contributed by atoms with Crippen molar-refractivity contribution in [3.63, 3.8) is 0 Å². The van der Waals surface area contributed by atoms with Gasteiger partial charge < -0.3 is 18.9 Å². The van der Waals surface area contributed by atoms with Crippen LogP contribution in [-0.4, -0.2) is 74.9 Å². The number of phosphoric ester groups is 1. The lowest BCUT2D eigenvalue weighted by Crippen LogP contribution is -2.37. The largest absolute Gasteiger partial charge is 0.472 e. The topological polar surface area (TPSA) is 108 Å². The van der Waals surface area contributed by atoms with E-state index in [4.69, 9.17) is 18.5 Å². The predicted octanol–water partition coefficient (Wildman–Crippen LogP) is 20.4. The van der Waals surface area contributed by atoms with Gasteiger partial charge in [0.1, 0.15) is 19.8 Å². The zero-order chi connectivity index (χ0) is 57.0. The van der Waals surface area contributed by atoms with E-state index >= 15 is 0 Å².